The van der Waals surface area contributed by atoms with Crippen molar-refractivity contribution in [3.8, 4) is 5.75 Å². The van der Waals surface area contributed by atoms with E-state index in [1.165, 1.54) is 0 Å². The van der Waals surface area contributed by atoms with E-state index in [9.17, 15) is 4.79 Å². The molecule has 0 spiro atoms. The van der Waals surface area contributed by atoms with Gasteiger partial charge in [0.25, 0.3) is 5.91 Å². The van der Waals surface area contributed by atoms with Gasteiger partial charge in [-0.1, -0.05) is 23.7 Å². The number of hydrogen-bond donors (Lipinski definition) is 2. The van der Waals surface area contributed by atoms with Gasteiger partial charge >= 0.3 is 0 Å². The van der Waals surface area contributed by atoms with Crippen LogP contribution in [0.15, 0.2) is 53.5 Å². The Morgan fingerprint density at radius 2 is 1.90 bits per heavy atom. The average molecular weight is 417 g/mol. The van der Waals surface area contributed by atoms with E-state index in [2.05, 4.69) is 20.5 Å². The van der Waals surface area contributed by atoms with Crippen molar-refractivity contribution in [2.75, 3.05) is 51.8 Å². The van der Waals surface area contributed by atoms with Gasteiger partial charge in [0.1, 0.15) is 5.75 Å². The first kappa shape index (κ1) is 21.1. The minimum absolute atomic E-state index is 0.269. The van der Waals surface area contributed by atoms with Crippen LogP contribution in [0.3, 0.4) is 0 Å². The molecule has 1 aliphatic rings. The van der Waals surface area contributed by atoms with Crippen LogP contribution >= 0.6 is 11.6 Å². The van der Waals surface area contributed by atoms with Crippen LogP contribution in [0.5, 0.6) is 5.75 Å². The second-order valence-corrected chi connectivity index (χ2v) is 6.91. The maximum atomic E-state index is 12.6. The molecule has 0 aromatic heterocycles. The van der Waals surface area contributed by atoms with Gasteiger partial charge in [-0.2, -0.15) is 0 Å². The number of nitrogens with zero attached hydrogens (tertiary/aromatic N) is 2. The van der Waals surface area contributed by atoms with Gasteiger partial charge in [-0.3, -0.25) is 20.0 Å². The number of methoxy groups -OCH3 is 1. The number of para-hydroxylation sites is 2. The summed E-state index contributed by atoms with van der Waals surface area (Å²) in [6.45, 7) is 4.59. The molecule has 0 unspecified atom stereocenters. The van der Waals surface area contributed by atoms with Gasteiger partial charge in [-0.25, -0.2) is 0 Å². The molecule has 0 saturated carbocycles. The third-order valence-corrected chi connectivity index (χ3v) is 4.74. The van der Waals surface area contributed by atoms with E-state index in [1.54, 1.807) is 31.4 Å². The van der Waals surface area contributed by atoms with E-state index in [0.29, 0.717) is 28.8 Å². The number of rotatable bonds is 6. The monoisotopic (exact) mass is 416 g/mol. The van der Waals surface area contributed by atoms with Crippen molar-refractivity contribution >= 4 is 29.2 Å². The smallest absolute Gasteiger partial charge is 0.257 e. The number of amides is 1. The van der Waals surface area contributed by atoms with Crippen LogP contribution in [-0.2, 0) is 4.74 Å². The Morgan fingerprint density at radius 3 is 2.62 bits per heavy atom. The summed E-state index contributed by atoms with van der Waals surface area (Å²) in [5, 5.41) is 6.60. The Balaban J connectivity index is 1.71. The second-order valence-electron chi connectivity index (χ2n) is 6.47. The predicted molar refractivity (Wildman–Crippen MR) is 115 cm³/mol. The van der Waals surface area contributed by atoms with Crippen LogP contribution in [0.4, 0.5) is 5.69 Å². The zero-order chi connectivity index (χ0) is 20.5. The lowest BCUT2D eigenvalue weighted by Gasteiger charge is -2.25. The normalized spacial score (nSPS) is 15.0. The molecule has 0 atom stereocenters. The third kappa shape index (κ3) is 6.45. The van der Waals surface area contributed by atoms with Gasteiger partial charge in [0.05, 0.1) is 32.6 Å². The van der Waals surface area contributed by atoms with E-state index >= 15 is 0 Å². The molecule has 1 saturated heterocycles. The lowest BCUT2D eigenvalue weighted by atomic mass is 10.2. The van der Waals surface area contributed by atoms with E-state index in [0.717, 1.165) is 38.5 Å². The topological polar surface area (TPSA) is 75.2 Å². The SMILES string of the molecule is COc1ccccc1NC(=NCCN1CCOCC1)NC(=O)c1ccc(Cl)cc1. The first-order valence-electron chi connectivity index (χ1n) is 9.47. The maximum absolute atomic E-state index is 12.6. The second kappa shape index (κ2) is 10.8. The molecule has 8 heteroatoms. The number of guanidine groups is 1. The van der Waals surface area contributed by atoms with Crippen molar-refractivity contribution in [2.24, 2.45) is 4.99 Å². The number of morpholine rings is 1. The fourth-order valence-electron chi connectivity index (χ4n) is 2.89. The zero-order valence-electron chi connectivity index (χ0n) is 16.4. The van der Waals surface area contributed by atoms with Gasteiger partial charge in [-0.15, -0.1) is 0 Å². The summed E-state index contributed by atoms with van der Waals surface area (Å²) in [5.74, 6) is 0.756. The van der Waals surface area contributed by atoms with Crippen molar-refractivity contribution in [3.63, 3.8) is 0 Å². The van der Waals surface area contributed by atoms with Crippen molar-refractivity contribution in [1.29, 1.82) is 0 Å². The number of halogens is 1. The zero-order valence-corrected chi connectivity index (χ0v) is 17.1. The Morgan fingerprint density at radius 1 is 1.17 bits per heavy atom. The van der Waals surface area contributed by atoms with Gasteiger partial charge in [0, 0.05) is 30.2 Å². The predicted octanol–water partition coefficient (Wildman–Crippen LogP) is 2.88. The highest BCUT2D eigenvalue weighted by atomic mass is 35.5. The Labute approximate surface area is 175 Å². The quantitative estimate of drug-likeness (QED) is 0.559. The molecule has 29 heavy (non-hydrogen) atoms. The maximum Gasteiger partial charge on any atom is 0.257 e. The van der Waals surface area contributed by atoms with Gasteiger partial charge < -0.3 is 14.8 Å². The molecule has 0 radical (unpaired) electrons. The van der Waals surface area contributed by atoms with Crippen LogP contribution in [0.25, 0.3) is 0 Å². The van der Waals surface area contributed by atoms with Crippen LogP contribution in [0, 0.1) is 0 Å². The standard InChI is InChI=1S/C21H25ClN4O3/c1-28-19-5-3-2-4-18(19)24-21(23-10-11-26-12-14-29-15-13-26)25-20(27)16-6-8-17(22)9-7-16/h2-9H,10-15H2,1H3,(H2,23,24,25,27). The number of anilines is 1. The molecule has 0 bridgehead atoms. The highest BCUT2D eigenvalue weighted by Gasteiger charge is 2.13. The van der Waals surface area contributed by atoms with Crippen LogP contribution in [0.1, 0.15) is 10.4 Å². The number of nitrogens with one attached hydrogen (secondary N) is 2. The fraction of sp³-hybridized carbons (Fsp3) is 0.333. The molecular weight excluding hydrogens is 392 g/mol. The lowest BCUT2D eigenvalue weighted by Crippen LogP contribution is -2.39. The largest absolute Gasteiger partial charge is 0.495 e. The highest BCUT2D eigenvalue weighted by molar-refractivity contribution is 6.30. The third-order valence-electron chi connectivity index (χ3n) is 4.49. The van der Waals surface area contributed by atoms with E-state index in [-0.39, 0.29) is 5.91 Å². The minimum atomic E-state index is -0.269. The first-order chi connectivity index (χ1) is 14.2. The summed E-state index contributed by atoms with van der Waals surface area (Å²) in [7, 11) is 1.60. The number of hydrogen-bond acceptors (Lipinski definition) is 5. The summed E-state index contributed by atoms with van der Waals surface area (Å²) < 4.78 is 10.8. The van der Waals surface area contributed by atoms with Crippen molar-refractivity contribution in [3.05, 3.63) is 59.1 Å². The lowest BCUT2D eigenvalue weighted by molar-refractivity contribution is 0.0394. The average Bonchev–Trinajstić information content (AvgIpc) is 2.75. The molecule has 3 rings (SSSR count). The van der Waals surface area contributed by atoms with Crippen molar-refractivity contribution in [2.45, 2.75) is 0 Å². The summed E-state index contributed by atoms with van der Waals surface area (Å²) in [6, 6.07) is 14.2. The molecule has 0 aliphatic carbocycles. The van der Waals surface area contributed by atoms with Crippen molar-refractivity contribution < 1.29 is 14.3 Å². The summed E-state index contributed by atoms with van der Waals surface area (Å²) in [6.07, 6.45) is 0. The van der Waals surface area contributed by atoms with Crippen LogP contribution < -0.4 is 15.4 Å². The van der Waals surface area contributed by atoms with Gasteiger partial charge in [0.2, 0.25) is 5.96 Å². The van der Waals surface area contributed by atoms with Crippen molar-refractivity contribution in [1.82, 2.24) is 10.2 Å². The molecule has 1 fully saturated rings. The number of carbonyl (C=O) groups is 1. The summed E-state index contributed by atoms with van der Waals surface area (Å²) in [5.41, 5.74) is 1.22. The molecule has 1 heterocycles. The Kier molecular flexibility index (Phi) is 7.86. The highest BCUT2D eigenvalue weighted by Crippen LogP contribution is 2.22. The summed E-state index contributed by atoms with van der Waals surface area (Å²) in [4.78, 5) is 19.5. The Hall–Kier alpha value is -2.61. The van der Waals surface area contributed by atoms with E-state index < -0.39 is 0 Å². The summed E-state index contributed by atoms with van der Waals surface area (Å²) >= 11 is 5.91. The number of carbonyl (C=O) groups excluding carboxylic acids is 1. The number of aliphatic imine (C=N–C) groups is 1. The molecule has 1 amide bonds. The molecule has 2 aromatic carbocycles. The molecule has 154 valence electrons. The van der Waals surface area contributed by atoms with Crippen LogP contribution in [0.2, 0.25) is 5.02 Å². The van der Waals surface area contributed by atoms with E-state index in [4.69, 9.17) is 21.1 Å². The molecular formula is C21H25ClN4O3. The number of ether oxygens (including phenoxy) is 2. The molecule has 7 nitrogen and oxygen atoms in total. The fourth-order valence-corrected chi connectivity index (χ4v) is 3.02. The molecule has 2 aromatic rings. The van der Waals surface area contributed by atoms with E-state index in [1.807, 2.05) is 24.3 Å². The van der Waals surface area contributed by atoms with Crippen LogP contribution in [-0.4, -0.2) is 63.3 Å². The van der Waals surface area contributed by atoms with Gasteiger partial charge in [0.15, 0.2) is 0 Å². The molecule has 2 N–H and O–H groups in total. The van der Waals surface area contributed by atoms with Gasteiger partial charge in [-0.05, 0) is 36.4 Å². The first-order valence-corrected chi connectivity index (χ1v) is 9.85. The minimum Gasteiger partial charge on any atom is -0.495 e. The number of benzene rings is 2. The molecule has 1 aliphatic heterocycles. The Bertz CT molecular complexity index is 836.